The van der Waals surface area contributed by atoms with Crippen molar-refractivity contribution in [2.45, 2.75) is 310 Å². The molecule has 0 saturated carbocycles. The van der Waals surface area contributed by atoms with Gasteiger partial charge >= 0.3 is 39.5 Å². The van der Waals surface area contributed by atoms with Crippen molar-refractivity contribution in [1.29, 1.82) is 0 Å². The fraction of sp³-hybridized carbons (Fsp3) is 0.932. The first-order chi connectivity index (χ1) is 37.5. The molecule has 17 nitrogen and oxygen atoms in total. The van der Waals surface area contributed by atoms with Gasteiger partial charge < -0.3 is 33.8 Å². The fourth-order valence-electron chi connectivity index (χ4n) is 8.70. The third kappa shape index (κ3) is 53.4. The molecule has 0 fully saturated rings. The minimum absolute atomic E-state index is 0.103. The molecule has 0 aromatic carbocycles. The predicted molar refractivity (Wildman–Crippen MR) is 308 cm³/mol. The zero-order valence-electron chi connectivity index (χ0n) is 49.8. The van der Waals surface area contributed by atoms with Crippen LogP contribution in [-0.4, -0.2) is 96.7 Å². The summed E-state index contributed by atoms with van der Waals surface area (Å²) in [6.07, 6.45) is 35.1. The van der Waals surface area contributed by atoms with Gasteiger partial charge in [0, 0.05) is 25.7 Å². The van der Waals surface area contributed by atoms with E-state index in [0.29, 0.717) is 31.6 Å². The fourth-order valence-corrected chi connectivity index (χ4v) is 10.3. The van der Waals surface area contributed by atoms with Crippen molar-refractivity contribution in [2.75, 3.05) is 39.6 Å². The molecule has 0 aliphatic heterocycles. The maximum atomic E-state index is 12.9. The first-order valence-corrected chi connectivity index (χ1v) is 34.1. The van der Waals surface area contributed by atoms with Crippen molar-refractivity contribution >= 4 is 39.5 Å². The maximum Gasteiger partial charge on any atom is 0.472 e. The van der Waals surface area contributed by atoms with Gasteiger partial charge in [-0.2, -0.15) is 0 Å². The molecule has 5 atom stereocenters. The number of rotatable bonds is 59. The van der Waals surface area contributed by atoms with E-state index in [-0.39, 0.29) is 25.7 Å². The number of hydrogen-bond acceptors (Lipinski definition) is 15. The SMILES string of the molecule is CCCCCCCCCCCCCCCCC(=O)O[C@H](COC(=O)CCCCCCCCCC(C)C)COP(=O)(O)OC[C@@H](O)COP(=O)(O)OC[C@@H](COC(=O)CCCCCCCCC)OC(=O)CCCCCCCCC. The van der Waals surface area contributed by atoms with Crippen LogP contribution in [0.3, 0.4) is 0 Å². The van der Waals surface area contributed by atoms with E-state index in [1.54, 1.807) is 0 Å². The number of esters is 4. The summed E-state index contributed by atoms with van der Waals surface area (Å²) in [4.78, 5) is 71.7. The number of aliphatic hydroxyl groups is 1. The summed E-state index contributed by atoms with van der Waals surface area (Å²) in [7, 11) is -9.87. The van der Waals surface area contributed by atoms with Crippen molar-refractivity contribution in [3.05, 3.63) is 0 Å². The van der Waals surface area contributed by atoms with Crippen molar-refractivity contribution in [3.63, 3.8) is 0 Å². The molecule has 0 aromatic heterocycles. The zero-order valence-corrected chi connectivity index (χ0v) is 51.6. The molecule has 78 heavy (non-hydrogen) atoms. The number of unbranched alkanes of at least 4 members (excludes halogenated alkanes) is 31. The Labute approximate surface area is 473 Å². The lowest BCUT2D eigenvalue weighted by Crippen LogP contribution is -2.30. The lowest BCUT2D eigenvalue weighted by Gasteiger charge is -2.21. The molecular weight excluding hydrogens is 1040 g/mol. The van der Waals surface area contributed by atoms with Gasteiger partial charge in [-0.3, -0.25) is 37.3 Å². The number of hydrogen-bond donors (Lipinski definition) is 3. The number of aliphatic hydroxyl groups excluding tert-OH is 1. The van der Waals surface area contributed by atoms with E-state index in [1.807, 2.05) is 0 Å². The Morgan fingerprint density at radius 2 is 0.590 bits per heavy atom. The van der Waals surface area contributed by atoms with Crippen LogP contribution in [0.25, 0.3) is 0 Å². The molecule has 19 heteroatoms. The van der Waals surface area contributed by atoms with E-state index >= 15 is 0 Å². The molecule has 0 saturated heterocycles. The highest BCUT2D eigenvalue weighted by atomic mass is 31.2. The van der Waals surface area contributed by atoms with Crippen molar-refractivity contribution < 1.29 is 80.2 Å². The van der Waals surface area contributed by atoms with Gasteiger partial charge in [-0.25, -0.2) is 9.13 Å². The third-order valence-corrected chi connectivity index (χ3v) is 15.4. The minimum Gasteiger partial charge on any atom is -0.462 e. The summed E-state index contributed by atoms with van der Waals surface area (Å²) >= 11 is 0. The van der Waals surface area contributed by atoms with Gasteiger partial charge in [0.05, 0.1) is 26.4 Å². The molecular formula is C59H114O17P2. The molecule has 0 amide bonds. The Morgan fingerprint density at radius 3 is 0.872 bits per heavy atom. The van der Waals surface area contributed by atoms with E-state index in [0.717, 1.165) is 122 Å². The number of phosphoric ester groups is 2. The Bertz CT molecular complexity index is 1530. The summed E-state index contributed by atoms with van der Waals surface area (Å²) in [6, 6.07) is 0. The van der Waals surface area contributed by atoms with Gasteiger partial charge in [-0.15, -0.1) is 0 Å². The molecule has 462 valence electrons. The largest absolute Gasteiger partial charge is 0.472 e. The predicted octanol–water partition coefficient (Wildman–Crippen LogP) is 15.8. The van der Waals surface area contributed by atoms with Crippen molar-refractivity contribution in [3.8, 4) is 0 Å². The summed E-state index contributed by atoms with van der Waals surface area (Å²) < 4.78 is 67.6. The summed E-state index contributed by atoms with van der Waals surface area (Å²) in [5.41, 5.74) is 0. The van der Waals surface area contributed by atoms with Crippen LogP contribution in [0, 0.1) is 5.92 Å². The van der Waals surface area contributed by atoms with Crippen LogP contribution in [0.2, 0.25) is 0 Å². The Balaban J connectivity index is 5.18. The molecule has 0 aliphatic carbocycles. The van der Waals surface area contributed by atoms with Gasteiger partial charge in [0.1, 0.15) is 19.3 Å². The number of carbonyl (C=O) groups excluding carboxylic acids is 4. The molecule has 2 unspecified atom stereocenters. The Hall–Kier alpha value is -1.94. The van der Waals surface area contributed by atoms with Crippen molar-refractivity contribution in [2.24, 2.45) is 5.92 Å². The van der Waals surface area contributed by atoms with E-state index < -0.39 is 97.5 Å². The second kappa shape index (κ2) is 53.1. The summed E-state index contributed by atoms with van der Waals surface area (Å²) in [5, 5.41) is 10.5. The Morgan fingerprint density at radius 1 is 0.346 bits per heavy atom. The lowest BCUT2D eigenvalue weighted by molar-refractivity contribution is -0.161. The van der Waals surface area contributed by atoms with Crippen molar-refractivity contribution in [1.82, 2.24) is 0 Å². The van der Waals surface area contributed by atoms with Crippen LogP contribution in [0.4, 0.5) is 0 Å². The quantitative estimate of drug-likeness (QED) is 0.0222. The number of ether oxygens (including phenoxy) is 4. The summed E-state index contributed by atoms with van der Waals surface area (Å²) in [5.74, 6) is -1.44. The Kier molecular flexibility index (Phi) is 51.8. The number of phosphoric acid groups is 2. The minimum atomic E-state index is -4.94. The molecule has 0 bridgehead atoms. The van der Waals surface area contributed by atoms with Crippen LogP contribution in [0.5, 0.6) is 0 Å². The summed E-state index contributed by atoms with van der Waals surface area (Å²) in [6.45, 7) is 7.02. The van der Waals surface area contributed by atoms with E-state index in [1.165, 1.54) is 83.5 Å². The monoisotopic (exact) mass is 1160 g/mol. The molecule has 0 aliphatic rings. The van der Waals surface area contributed by atoms with Gasteiger partial charge in [-0.05, 0) is 31.6 Å². The molecule has 3 N–H and O–H groups in total. The van der Waals surface area contributed by atoms with Gasteiger partial charge in [-0.1, -0.05) is 240 Å². The second-order valence-corrected chi connectivity index (χ2v) is 24.8. The van der Waals surface area contributed by atoms with Crippen LogP contribution < -0.4 is 0 Å². The number of carbonyl (C=O) groups is 4. The normalized spacial score (nSPS) is 14.4. The molecule has 0 rings (SSSR count). The van der Waals surface area contributed by atoms with E-state index in [9.17, 15) is 43.2 Å². The molecule has 0 aromatic rings. The van der Waals surface area contributed by atoms with Gasteiger partial charge in [0.25, 0.3) is 0 Å². The molecule has 0 radical (unpaired) electrons. The first-order valence-electron chi connectivity index (χ1n) is 31.1. The third-order valence-electron chi connectivity index (χ3n) is 13.5. The zero-order chi connectivity index (χ0) is 57.8. The van der Waals surface area contributed by atoms with Gasteiger partial charge in [0.2, 0.25) is 0 Å². The van der Waals surface area contributed by atoms with Gasteiger partial charge in [0.15, 0.2) is 12.2 Å². The van der Waals surface area contributed by atoms with Crippen LogP contribution in [-0.2, 0) is 65.4 Å². The van der Waals surface area contributed by atoms with Crippen LogP contribution in [0.15, 0.2) is 0 Å². The molecule has 0 heterocycles. The maximum absolute atomic E-state index is 12.9. The topological polar surface area (TPSA) is 237 Å². The molecule has 0 spiro atoms. The highest BCUT2D eigenvalue weighted by Crippen LogP contribution is 2.45. The lowest BCUT2D eigenvalue weighted by atomic mass is 10.0. The standard InChI is InChI=1S/C59H114O17P2/c1-6-9-12-15-18-19-20-21-22-23-24-29-35-40-45-59(64)76-55(49-70-57(62)43-38-33-30-25-28-31-36-41-52(4)5)51-74-78(67,68)72-47-53(60)46-71-77(65,66)73-50-54(75-58(63)44-39-34-27-17-14-11-8-3)48-69-56(61)42-37-32-26-16-13-10-7-2/h52-55,60H,6-51H2,1-5H3,(H,65,66)(H,67,68)/t53-,54+,55+/m0/s1. The average Bonchev–Trinajstić information content (AvgIpc) is 3.40. The highest BCUT2D eigenvalue weighted by molar-refractivity contribution is 7.47. The van der Waals surface area contributed by atoms with Crippen LogP contribution in [0.1, 0.15) is 291 Å². The smallest absolute Gasteiger partial charge is 0.462 e. The van der Waals surface area contributed by atoms with E-state index in [2.05, 4.69) is 34.6 Å². The average molecular weight is 1160 g/mol. The second-order valence-electron chi connectivity index (χ2n) is 21.9. The first kappa shape index (κ1) is 76.1. The van der Waals surface area contributed by atoms with E-state index in [4.69, 9.17) is 37.0 Å². The van der Waals surface area contributed by atoms with Crippen LogP contribution >= 0.6 is 15.6 Å². The highest BCUT2D eigenvalue weighted by Gasteiger charge is 2.30.